The molecule has 0 aliphatic carbocycles. The van der Waals surface area contributed by atoms with Gasteiger partial charge < -0.3 is 15.6 Å². The van der Waals surface area contributed by atoms with Crippen molar-refractivity contribution in [3.05, 3.63) is 113 Å². The molecule has 4 aromatic rings. The summed E-state index contributed by atoms with van der Waals surface area (Å²) in [5.41, 5.74) is 3.26. The van der Waals surface area contributed by atoms with Crippen LogP contribution in [0.5, 0.6) is 0 Å². The number of aromatic amines is 1. The monoisotopic (exact) mass is 427 g/mol. The fourth-order valence-electron chi connectivity index (χ4n) is 3.41. The molecule has 4 rings (SSSR count). The molecule has 1 heterocycles. The summed E-state index contributed by atoms with van der Waals surface area (Å²) in [6.45, 7) is 0.392. The third-order valence-electron chi connectivity index (χ3n) is 5.06. The minimum Gasteiger partial charge on any atom is -0.361 e. The predicted octanol–water partition coefficient (Wildman–Crippen LogP) is 4.44. The van der Waals surface area contributed by atoms with E-state index in [2.05, 4.69) is 15.6 Å². The fourth-order valence-corrected chi connectivity index (χ4v) is 3.41. The molecule has 0 saturated heterocycles. The summed E-state index contributed by atoms with van der Waals surface area (Å²) in [7, 11) is 0. The number of hydrogen-bond acceptors (Lipinski definition) is 2. The van der Waals surface area contributed by atoms with Crippen LogP contribution >= 0.6 is 0 Å². The van der Waals surface area contributed by atoms with Crippen LogP contribution in [-0.4, -0.2) is 23.3 Å². The Bertz CT molecular complexity index is 1260. The van der Waals surface area contributed by atoms with Gasteiger partial charge in [-0.2, -0.15) is 0 Å². The second kappa shape index (κ2) is 9.75. The van der Waals surface area contributed by atoms with Crippen molar-refractivity contribution in [2.75, 3.05) is 6.54 Å². The summed E-state index contributed by atoms with van der Waals surface area (Å²) in [4.78, 5) is 28.7. The van der Waals surface area contributed by atoms with Crippen molar-refractivity contribution in [1.29, 1.82) is 0 Å². The Kier molecular flexibility index (Phi) is 6.41. The zero-order valence-electron chi connectivity index (χ0n) is 17.3. The second-order valence-electron chi connectivity index (χ2n) is 7.30. The molecule has 6 heteroatoms. The number of carbonyl (C=O) groups is 2. The quantitative estimate of drug-likeness (QED) is 0.382. The molecule has 0 saturated carbocycles. The fraction of sp³-hybridized carbons (Fsp3) is 0.0769. The van der Waals surface area contributed by atoms with Gasteiger partial charge in [0.25, 0.3) is 11.8 Å². The van der Waals surface area contributed by atoms with Crippen LogP contribution in [0.2, 0.25) is 0 Å². The van der Waals surface area contributed by atoms with Crippen molar-refractivity contribution >= 4 is 28.8 Å². The summed E-state index contributed by atoms with van der Waals surface area (Å²) in [5.74, 6) is -1.19. The Balaban J connectivity index is 1.48. The number of aromatic nitrogens is 1. The maximum Gasteiger partial charge on any atom is 0.267 e. The molecule has 0 fully saturated rings. The van der Waals surface area contributed by atoms with E-state index in [1.807, 2.05) is 36.5 Å². The Hall–Kier alpha value is -4.19. The van der Waals surface area contributed by atoms with Crippen LogP contribution in [0, 0.1) is 5.82 Å². The number of para-hydroxylation sites is 1. The van der Waals surface area contributed by atoms with Gasteiger partial charge in [-0.15, -0.1) is 0 Å². The molecule has 0 aliphatic heterocycles. The maximum absolute atomic E-state index is 13.3. The Morgan fingerprint density at radius 3 is 2.41 bits per heavy atom. The normalized spacial score (nSPS) is 11.3. The van der Waals surface area contributed by atoms with E-state index in [0.29, 0.717) is 24.1 Å². The zero-order valence-corrected chi connectivity index (χ0v) is 17.3. The molecular weight excluding hydrogens is 405 g/mol. The Labute approximate surface area is 185 Å². The van der Waals surface area contributed by atoms with Crippen LogP contribution in [0.4, 0.5) is 4.39 Å². The molecule has 0 unspecified atom stereocenters. The zero-order chi connectivity index (χ0) is 22.3. The highest BCUT2D eigenvalue weighted by molar-refractivity contribution is 6.05. The highest BCUT2D eigenvalue weighted by atomic mass is 19.1. The van der Waals surface area contributed by atoms with Gasteiger partial charge in [-0.3, -0.25) is 9.59 Å². The molecule has 32 heavy (non-hydrogen) atoms. The van der Waals surface area contributed by atoms with Gasteiger partial charge in [-0.25, -0.2) is 4.39 Å². The van der Waals surface area contributed by atoms with Gasteiger partial charge in [0.2, 0.25) is 0 Å². The lowest BCUT2D eigenvalue weighted by Crippen LogP contribution is -2.35. The van der Waals surface area contributed by atoms with E-state index in [9.17, 15) is 14.0 Å². The van der Waals surface area contributed by atoms with E-state index in [4.69, 9.17) is 0 Å². The molecule has 0 radical (unpaired) electrons. The highest BCUT2D eigenvalue weighted by Gasteiger charge is 2.15. The first-order chi connectivity index (χ1) is 15.6. The molecule has 0 atom stereocenters. The van der Waals surface area contributed by atoms with Crippen molar-refractivity contribution in [2.24, 2.45) is 0 Å². The topological polar surface area (TPSA) is 74.0 Å². The predicted molar refractivity (Wildman–Crippen MR) is 123 cm³/mol. The lowest BCUT2D eigenvalue weighted by atomic mass is 10.1. The van der Waals surface area contributed by atoms with Crippen molar-refractivity contribution in [3.63, 3.8) is 0 Å². The lowest BCUT2D eigenvalue weighted by Gasteiger charge is -2.11. The Morgan fingerprint density at radius 1 is 0.906 bits per heavy atom. The highest BCUT2D eigenvalue weighted by Crippen LogP contribution is 2.17. The van der Waals surface area contributed by atoms with Crippen molar-refractivity contribution in [1.82, 2.24) is 15.6 Å². The van der Waals surface area contributed by atoms with E-state index in [0.717, 1.165) is 16.5 Å². The number of hydrogen-bond donors (Lipinski definition) is 3. The second-order valence-corrected chi connectivity index (χ2v) is 7.30. The third-order valence-corrected chi connectivity index (χ3v) is 5.06. The number of nitrogens with one attached hydrogen (secondary N) is 3. The van der Waals surface area contributed by atoms with Gasteiger partial charge in [-0.1, -0.05) is 48.5 Å². The summed E-state index contributed by atoms with van der Waals surface area (Å²) < 4.78 is 13.3. The molecule has 2 amide bonds. The molecule has 160 valence electrons. The molecule has 0 bridgehead atoms. The molecular formula is C26H22FN3O2. The molecule has 1 aromatic heterocycles. The van der Waals surface area contributed by atoms with E-state index >= 15 is 0 Å². The van der Waals surface area contributed by atoms with Crippen LogP contribution < -0.4 is 10.6 Å². The van der Waals surface area contributed by atoms with Crippen molar-refractivity contribution in [3.8, 4) is 0 Å². The third kappa shape index (κ3) is 5.10. The first-order valence-corrected chi connectivity index (χ1v) is 10.3. The van der Waals surface area contributed by atoms with Gasteiger partial charge in [0, 0.05) is 29.2 Å². The molecule has 0 spiro atoms. The van der Waals surface area contributed by atoms with Crippen LogP contribution in [0.3, 0.4) is 0 Å². The van der Waals surface area contributed by atoms with Gasteiger partial charge in [-0.05, 0) is 54.0 Å². The lowest BCUT2D eigenvalue weighted by molar-refractivity contribution is -0.117. The number of amides is 2. The standard InChI is InChI=1S/C26H22FN3O2/c27-21-12-10-18(11-13-21)16-24(30-25(31)19-6-2-1-3-7-19)26(32)28-15-14-20-17-29-23-9-5-4-8-22(20)23/h1-13,16-17,29H,14-15H2,(H,28,32)(H,30,31)/b24-16+. The average Bonchev–Trinajstić information content (AvgIpc) is 3.23. The first kappa shape index (κ1) is 21.1. The first-order valence-electron chi connectivity index (χ1n) is 10.3. The smallest absolute Gasteiger partial charge is 0.267 e. The van der Waals surface area contributed by atoms with Crippen LogP contribution in [-0.2, 0) is 11.2 Å². The van der Waals surface area contributed by atoms with E-state index in [-0.39, 0.29) is 11.5 Å². The minimum absolute atomic E-state index is 0.0874. The number of H-pyrrole nitrogens is 1. The van der Waals surface area contributed by atoms with Gasteiger partial charge in [0.05, 0.1) is 0 Å². The van der Waals surface area contributed by atoms with Crippen molar-refractivity contribution < 1.29 is 14.0 Å². The number of rotatable bonds is 7. The van der Waals surface area contributed by atoms with E-state index in [1.54, 1.807) is 36.4 Å². The molecule has 0 aliphatic rings. The maximum atomic E-state index is 13.3. The summed E-state index contributed by atoms with van der Waals surface area (Å²) in [6.07, 6.45) is 4.09. The van der Waals surface area contributed by atoms with Gasteiger partial charge >= 0.3 is 0 Å². The SMILES string of the molecule is O=C(NCCc1c[nH]c2ccccc12)/C(=C\c1ccc(F)cc1)NC(=O)c1ccccc1. The molecule has 3 N–H and O–H groups in total. The van der Waals surface area contributed by atoms with Gasteiger partial charge in [0.15, 0.2) is 0 Å². The summed E-state index contributed by atoms with van der Waals surface area (Å²) in [6, 6.07) is 22.3. The molecule has 3 aromatic carbocycles. The van der Waals surface area contributed by atoms with Crippen LogP contribution in [0.25, 0.3) is 17.0 Å². The summed E-state index contributed by atoms with van der Waals surface area (Å²) >= 11 is 0. The van der Waals surface area contributed by atoms with Crippen molar-refractivity contribution in [2.45, 2.75) is 6.42 Å². The Morgan fingerprint density at radius 2 is 1.62 bits per heavy atom. The molecule has 5 nitrogen and oxygen atoms in total. The van der Waals surface area contributed by atoms with E-state index < -0.39 is 11.8 Å². The van der Waals surface area contributed by atoms with Crippen LogP contribution in [0.1, 0.15) is 21.5 Å². The number of halogens is 1. The largest absolute Gasteiger partial charge is 0.361 e. The summed E-state index contributed by atoms with van der Waals surface area (Å²) in [5, 5.41) is 6.66. The number of fused-ring (bicyclic) bond motifs is 1. The number of carbonyl (C=O) groups excluding carboxylic acids is 2. The minimum atomic E-state index is -0.418. The van der Waals surface area contributed by atoms with Gasteiger partial charge in [0.1, 0.15) is 11.5 Å². The van der Waals surface area contributed by atoms with Crippen LogP contribution in [0.15, 0.2) is 90.8 Å². The number of benzene rings is 3. The average molecular weight is 427 g/mol. The van der Waals surface area contributed by atoms with E-state index in [1.165, 1.54) is 18.2 Å².